The minimum Gasteiger partial charge on any atom is -0.387 e. The summed E-state index contributed by atoms with van der Waals surface area (Å²) in [7, 11) is -9.95. The zero-order valence-electron chi connectivity index (χ0n) is 9.50. The summed E-state index contributed by atoms with van der Waals surface area (Å²) < 4.78 is 71.0. The van der Waals surface area contributed by atoms with E-state index in [1.54, 1.807) is 0 Å². The Kier molecular flexibility index (Phi) is 5.41. The molecule has 0 amide bonds. The van der Waals surface area contributed by atoms with Gasteiger partial charge in [0, 0.05) is 0 Å². The van der Waals surface area contributed by atoms with Crippen molar-refractivity contribution in [2.45, 2.75) is 30.7 Å². The average molecular weight is 340 g/mol. The summed E-state index contributed by atoms with van der Waals surface area (Å²) in [6.07, 6.45) is -9.79. The highest BCUT2D eigenvalue weighted by atomic mass is 32.3. The maximum atomic E-state index is 10.5. The standard InChI is InChI=1S/C6H12O12S2/c7-3-2(1-16-19(10,11)12)17-6(9)4(8)5(3)18-20(13,14)15/h2-9H,1H2,(H,10,11,12)(H,13,14,15)/t2-,3+,4-,5+,6?/m1/s1. The molecule has 0 aromatic carbocycles. The molecule has 0 aromatic heterocycles. The normalized spacial score (nSPS) is 36.0. The Hall–Kier alpha value is -0.420. The van der Waals surface area contributed by atoms with E-state index in [4.69, 9.17) is 9.11 Å². The van der Waals surface area contributed by atoms with E-state index < -0.39 is 58.1 Å². The highest BCUT2D eigenvalue weighted by molar-refractivity contribution is 7.81. The van der Waals surface area contributed by atoms with Crippen LogP contribution in [0, 0.1) is 0 Å². The van der Waals surface area contributed by atoms with Gasteiger partial charge in [-0.25, -0.2) is 8.37 Å². The molecule has 12 nitrogen and oxygen atoms in total. The van der Waals surface area contributed by atoms with Crippen molar-refractivity contribution in [3.63, 3.8) is 0 Å². The Morgan fingerprint density at radius 1 is 0.950 bits per heavy atom. The maximum absolute atomic E-state index is 10.5. The van der Waals surface area contributed by atoms with Crippen LogP contribution in [0.4, 0.5) is 0 Å². The van der Waals surface area contributed by atoms with Crippen molar-refractivity contribution >= 4 is 20.8 Å². The predicted octanol–water partition coefficient (Wildman–Crippen LogP) is -3.57. The van der Waals surface area contributed by atoms with Gasteiger partial charge in [-0.3, -0.25) is 9.11 Å². The summed E-state index contributed by atoms with van der Waals surface area (Å²) in [6.45, 7) is -1.00. The predicted molar refractivity (Wildman–Crippen MR) is 56.8 cm³/mol. The van der Waals surface area contributed by atoms with Crippen LogP contribution in [0.1, 0.15) is 0 Å². The van der Waals surface area contributed by atoms with Gasteiger partial charge in [0.25, 0.3) is 0 Å². The first-order valence-electron chi connectivity index (χ1n) is 4.88. The van der Waals surface area contributed by atoms with Crippen molar-refractivity contribution in [2.24, 2.45) is 0 Å². The molecule has 0 aliphatic carbocycles. The zero-order chi connectivity index (χ0) is 15.7. The number of aliphatic hydroxyl groups excluding tert-OH is 3. The molecule has 1 heterocycles. The van der Waals surface area contributed by atoms with Gasteiger partial charge in [0.15, 0.2) is 6.29 Å². The Balaban J connectivity index is 2.84. The second-order valence-electron chi connectivity index (χ2n) is 3.75. The number of hydrogen-bond donors (Lipinski definition) is 5. The molecular formula is C6H12O12S2. The molecule has 1 rings (SSSR count). The van der Waals surface area contributed by atoms with Crippen LogP contribution < -0.4 is 0 Å². The van der Waals surface area contributed by atoms with Gasteiger partial charge in [-0.1, -0.05) is 0 Å². The molecule has 0 saturated carbocycles. The summed E-state index contributed by atoms with van der Waals surface area (Å²) in [4.78, 5) is 0. The van der Waals surface area contributed by atoms with Gasteiger partial charge in [0.1, 0.15) is 24.4 Å². The largest absolute Gasteiger partial charge is 0.397 e. The van der Waals surface area contributed by atoms with E-state index in [-0.39, 0.29) is 0 Å². The molecule has 1 unspecified atom stereocenters. The van der Waals surface area contributed by atoms with E-state index in [1.807, 2.05) is 0 Å². The van der Waals surface area contributed by atoms with Crippen LogP contribution in [0.15, 0.2) is 0 Å². The Labute approximate surface area is 113 Å². The van der Waals surface area contributed by atoms with Gasteiger partial charge in [-0.15, -0.1) is 0 Å². The molecule has 1 fully saturated rings. The number of aliphatic hydroxyl groups is 3. The highest BCUT2D eigenvalue weighted by Crippen LogP contribution is 2.24. The van der Waals surface area contributed by atoms with E-state index in [2.05, 4.69) is 13.1 Å². The molecule has 0 aromatic rings. The molecule has 5 atom stereocenters. The SMILES string of the molecule is O=S(=O)(O)OC[C@H]1OC(O)[C@H](O)[C@@H](OS(=O)(=O)O)[C@H]1O. The van der Waals surface area contributed by atoms with Crippen molar-refractivity contribution in [3.8, 4) is 0 Å². The lowest BCUT2D eigenvalue weighted by atomic mass is 9.99. The molecular weight excluding hydrogens is 328 g/mol. The third-order valence-electron chi connectivity index (χ3n) is 2.27. The van der Waals surface area contributed by atoms with Gasteiger partial charge < -0.3 is 20.1 Å². The van der Waals surface area contributed by atoms with Crippen molar-refractivity contribution in [2.75, 3.05) is 6.61 Å². The Morgan fingerprint density at radius 2 is 1.50 bits per heavy atom. The Morgan fingerprint density at radius 3 is 1.95 bits per heavy atom. The van der Waals surface area contributed by atoms with Gasteiger partial charge in [0.2, 0.25) is 0 Å². The fourth-order valence-electron chi connectivity index (χ4n) is 1.46. The minimum atomic E-state index is -5.07. The van der Waals surface area contributed by atoms with Crippen molar-refractivity contribution in [1.29, 1.82) is 0 Å². The van der Waals surface area contributed by atoms with Gasteiger partial charge >= 0.3 is 20.8 Å². The first kappa shape index (κ1) is 17.6. The van der Waals surface area contributed by atoms with Crippen molar-refractivity contribution in [1.82, 2.24) is 0 Å². The summed E-state index contributed by atoms with van der Waals surface area (Å²) >= 11 is 0. The topological polar surface area (TPSA) is 197 Å². The van der Waals surface area contributed by atoms with E-state index in [9.17, 15) is 32.2 Å². The number of hydrogen-bond acceptors (Lipinski definition) is 10. The van der Waals surface area contributed by atoms with Crippen LogP contribution in [-0.2, 0) is 33.9 Å². The monoisotopic (exact) mass is 340 g/mol. The third kappa shape index (κ3) is 5.17. The minimum absolute atomic E-state index is 1.00. The summed E-state index contributed by atoms with van der Waals surface area (Å²) in [5.41, 5.74) is 0. The summed E-state index contributed by atoms with van der Waals surface area (Å²) in [6, 6.07) is 0. The van der Waals surface area contributed by atoms with E-state index in [1.165, 1.54) is 0 Å². The second kappa shape index (κ2) is 6.14. The lowest BCUT2D eigenvalue weighted by molar-refractivity contribution is -0.280. The lowest BCUT2D eigenvalue weighted by Crippen LogP contribution is -2.60. The number of rotatable bonds is 5. The quantitative estimate of drug-likeness (QED) is 0.309. The zero-order valence-corrected chi connectivity index (χ0v) is 11.1. The molecule has 20 heavy (non-hydrogen) atoms. The molecule has 1 aliphatic heterocycles. The van der Waals surface area contributed by atoms with Crippen LogP contribution >= 0.6 is 0 Å². The van der Waals surface area contributed by atoms with Crippen LogP contribution in [0.2, 0.25) is 0 Å². The molecule has 1 aliphatic rings. The molecule has 0 radical (unpaired) electrons. The Bertz CT molecular complexity index is 524. The lowest BCUT2D eigenvalue weighted by Gasteiger charge is -2.39. The molecule has 1 saturated heterocycles. The van der Waals surface area contributed by atoms with E-state index in [0.29, 0.717) is 0 Å². The van der Waals surface area contributed by atoms with E-state index in [0.717, 1.165) is 0 Å². The third-order valence-corrected chi connectivity index (χ3v) is 3.17. The van der Waals surface area contributed by atoms with Crippen LogP contribution in [-0.4, -0.2) is 78.6 Å². The molecule has 0 bridgehead atoms. The summed E-state index contributed by atoms with van der Waals surface area (Å²) in [5, 5.41) is 28.3. The molecule has 14 heteroatoms. The first-order chi connectivity index (χ1) is 8.91. The number of ether oxygens (including phenoxy) is 1. The molecule has 5 N–H and O–H groups in total. The molecule has 120 valence electrons. The van der Waals surface area contributed by atoms with Gasteiger partial charge in [-0.2, -0.15) is 16.8 Å². The van der Waals surface area contributed by atoms with Crippen molar-refractivity contribution < 1.29 is 54.4 Å². The first-order valence-corrected chi connectivity index (χ1v) is 7.61. The second-order valence-corrected chi connectivity index (χ2v) is 5.89. The van der Waals surface area contributed by atoms with Crippen molar-refractivity contribution in [3.05, 3.63) is 0 Å². The maximum Gasteiger partial charge on any atom is 0.397 e. The van der Waals surface area contributed by atoms with Crippen LogP contribution in [0.5, 0.6) is 0 Å². The van der Waals surface area contributed by atoms with Crippen LogP contribution in [0.25, 0.3) is 0 Å². The molecule has 0 spiro atoms. The van der Waals surface area contributed by atoms with Gasteiger partial charge in [-0.05, 0) is 0 Å². The smallest absolute Gasteiger partial charge is 0.387 e. The summed E-state index contributed by atoms with van der Waals surface area (Å²) in [5.74, 6) is 0. The van der Waals surface area contributed by atoms with E-state index >= 15 is 0 Å². The van der Waals surface area contributed by atoms with Gasteiger partial charge in [0.05, 0.1) is 6.61 Å². The average Bonchev–Trinajstić information content (AvgIpc) is 2.25. The fraction of sp³-hybridized carbons (Fsp3) is 1.00. The van der Waals surface area contributed by atoms with Crippen LogP contribution in [0.3, 0.4) is 0 Å². The highest BCUT2D eigenvalue weighted by Gasteiger charge is 2.47. The fourth-order valence-corrected chi connectivity index (χ4v) is 2.28.